The van der Waals surface area contributed by atoms with Gasteiger partial charge in [0.1, 0.15) is 0 Å². The van der Waals surface area contributed by atoms with E-state index in [0.717, 1.165) is 23.1 Å². The lowest BCUT2D eigenvalue weighted by Gasteiger charge is -2.35. The zero-order valence-electron chi connectivity index (χ0n) is 11.8. The first-order chi connectivity index (χ1) is 9.01. The smallest absolute Gasteiger partial charge is 0.358 e. The average molecular weight is 284 g/mol. The largest absolute Gasteiger partial charge is 0.461 e. The number of carbonyl (C=O) groups excluding carboxylic acids is 1. The zero-order chi connectivity index (χ0) is 14.0. The second kappa shape index (κ2) is 5.88. The van der Waals surface area contributed by atoms with Gasteiger partial charge in [0.15, 0.2) is 10.8 Å². The molecular weight excluding hydrogens is 264 g/mol. The van der Waals surface area contributed by atoms with Crippen LogP contribution in [0, 0.1) is 6.92 Å². The summed E-state index contributed by atoms with van der Waals surface area (Å²) in [4.78, 5) is 19.3. The SMILES string of the molecule is CCOC(=O)c1nc(N2CC(C)OC(C)C2)sc1C. The molecule has 1 aromatic rings. The van der Waals surface area contributed by atoms with Gasteiger partial charge in [-0.15, -0.1) is 11.3 Å². The van der Waals surface area contributed by atoms with Crippen LogP contribution in [0.5, 0.6) is 0 Å². The Bertz CT molecular complexity index is 451. The van der Waals surface area contributed by atoms with Crippen molar-refractivity contribution in [2.24, 2.45) is 0 Å². The Labute approximate surface area is 117 Å². The van der Waals surface area contributed by atoms with Crippen LogP contribution >= 0.6 is 11.3 Å². The van der Waals surface area contributed by atoms with E-state index in [2.05, 4.69) is 23.7 Å². The first kappa shape index (κ1) is 14.3. The third-order valence-corrected chi connectivity index (χ3v) is 3.98. The summed E-state index contributed by atoms with van der Waals surface area (Å²) in [7, 11) is 0. The molecule has 0 bridgehead atoms. The first-order valence-corrected chi connectivity index (χ1v) is 7.37. The van der Waals surface area contributed by atoms with Crippen LogP contribution in [0.15, 0.2) is 0 Å². The van der Waals surface area contributed by atoms with E-state index < -0.39 is 0 Å². The van der Waals surface area contributed by atoms with Crippen LogP contribution in [-0.2, 0) is 9.47 Å². The summed E-state index contributed by atoms with van der Waals surface area (Å²) >= 11 is 1.54. The average Bonchev–Trinajstić information content (AvgIpc) is 2.70. The van der Waals surface area contributed by atoms with Gasteiger partial charge < -0.3 is 14.4 Å². The van der Waals surface area contributed by atoms with E-state index in [0.29, 0.717) is 12.3 Å². The van der Waals surface area contributed by atoms with Crippen molar-refractivity contribution < 1.29 is 14.3 Å². The summed E-state index contributed by atoms with van der Waals surface area (Å²) in [5.41, 5.74) is 0.439. The quantitative estimate of drug-likeness (QED) is 0.797. The van der Waals surface area contributed by atoms with E-state index >= 15 is 0 Å². The molecule has 1 aliphatic heterocycles. The van der Waals surface area contributed by atoms with Crippen molar-refractivity contribution in [2.45, 2.75) is 39.9 Å². The lowest BCUT2D eigenvalue weighted by Crippen LogP contribution is -2.45. The van der Waals surface area contributed by atoms with Crippen LogP contribution < -0.4 is 4.90 Å². The number of ether oxygens (including phenoxy) is 2. The van der Waals surface area contributed by atoms with Gasteiger partial charge in [-0.05, 0) is 27.7 Å². The van der Waals surface area contributed by atoms with E-state index in [1.54, 1.807) is 6.92 Å². The molecule has 1 fully saturated rings. The van der Waals surface area contributed by atoms with Crippen LogP contribution in [0.3, 0.4) is 0 Å². The topological polar surface area (TPSA) is 51.7 Å². The number of rotatable bonds is 3. The molecule has 0 aliphatic carbocycles. The highest BCUT2D eigenvalue weighted by Gasteiger charge is 2.26. The molecular formula is C13H20N2O3S. The summed E-state index contributed by atoms with van der Waals surface area (Å²) in [6.45, 7) is 9.78. The first-order valence-electron chi connectivity index (χ1n) is 6.56. The Morgan fingerprint density at radius 3 is 2.68 bits per heavy atom. The maximum Gasteiger partial charge on any atom is 0.358 e. The molecule has 2 unspecified atom stereocenters. The number of anilines is 1. The van der Waals surface area contributed by atoms with Crippen molar-refractivity contribution in [3.63, 3.8) is 0 Å². The van der Waals surface area contributed by atoms with Crippen molar-refractivity contribution in [2.75, 3.05) is 24.6 Å². The van der Waals surface area contributed by atoms with Crippen LogP contribution in [-0.4, -0.2) is 42.9 Å². The number of aromatic nitrogens is 1. The van der Waals surface area contributed by atoms with E-state index in [1.807, 2.05) is 6.92 Å². The van der Waals surface area contributed by atoms with Gasteiger partial charge in [-0.3, -0.25) is 0 Å². The Kier molecular flexibility index (Phi) is 4.42. The molecule has 106 valence electrons. The lowest BCUT2D eigenvalue weighted by atomic mass is 10.2. The number of aryl methyl sites for hydroxylation is 1. The van der Waals surface area contributed by atoms with Crippen LogP contribution in [0.2, 0.25) is 0 Å². The minimum atomic E-state index is -0.336. The molecule has 5 nitrogen and oxygen atoms in total. The lowest BCUT2D eigenvalue weighted by molar-refractivity contribution is -0.00523. The fourth-order valence-corrected chi connectivity index (χ4v) is 3.16. The molecule has 1 aromatic heterocycles. The molecule has 0 N–H and O–H groups in total. The second-order valence-corrected chi connectivity index (χ2v) is 5.97. The van der Waals surface area contributed by atoms with Gasteiger partial charge in [0.2, 0.25) is 0 Å². The van der Waals surface area contributed by atoms with Gasteiger partial charge in [0, 0.05) is 18.0 Å². The van der Waals surface area contributed by atoms with Crippen molar-refractivity contribution in [1.82, 2.24) is 4.98 Å². The van der Waals surface area contributed by atoms with Crippen molar-refractivity contribution in [1.29, 1.82) is 0 Å². The maximum absolute atomic E-state index is 11.8. The highest BCUT2D eigenvalue weighted by molar-refractivity contribution is 7.15. The minimum Gasteiger partial charge on any atom is -0.461 e. The van der Waals surface area contributed by atoms with Gasteiger partial charge in [-0.2, -0.15) is 0 Å². The summed E-state index contributed by atoms with van der Waals surface area (Å²) < 4.78 is 10.7. The summed E-state index contributed by atoms with van der Waals surface area (Å²) in [6, 6.07) is 0. The summed E-state index contributed by atoms with van der Waals surface area (Å²) in [6.07, 6.45) is 0.359. The molecule has 0 amide bonds. The Morgan fingerprint density at radius 1 is 1.47 bits per heavy atom. The van der Waals surface area contributed by atoms with E-state index in [-0.39, 0.29) is 18.2 Å². The molecule has 19 heavy (non-hydrogen) atoms. The predicted octanol–water partition coefficient (Wildman–Crippen LogP) is 2.24. The predicted molar refractivity (Wildman–Crippen MR) is 75.0 cm³/mol. The third-order valence-electron chi connectivity index (χ3n) is 2.94. The van der Waals surface area contributed by atoms with E-state index in [1.165, 1.54) is 11.3 Å². The Balaban J connectivity index is 2.17. The Morgan fingerprint density at radius 2 is 2.11 bits per heavy atom. The summed E-state index contributed by atoms with van der Waals surface area (Å²) in [5, 5.41) is 0.877. The zero-order valence-corrected chi connectivity index (χ0v) is 12.6. The number of thiazole rings is 1. The third kappa shape index (κ3) is 3.25. The normalized spacial score (nSPS) is 23.5. The molecule has 1 aliphatic rings. The van der Waals surface area contributed by atoms with Gasteiger partial charge in [0.05, 0.1) is 18.8 Å². The van der Waals surface area contributed by atoms with E-state index in [4.69, 9.17) is 9.47 Å². The van der Waals surface area contributed by atoms with Gasteiger partial charge in [-0.1, -0.05) is 0 Å². The van der Waals surface area contributed by atoms with Crippen LogP contribution in [0.1, 0.15) is 36.1 Å². The number of hydrogen-bond acceptors (Lipinski definition) is 6. The molecule has 6 heteroatoms. The molecule has 0 spiro atoms. The number of esters is 1. The molecule has 0 radical (unpaired) electrons. The molecule has 2 heterocycles. The number of morpholine rings is 1. The van der Waals surface area contributed by atoms with Crippen LogP contribution in [0.25, 0.3) is 0 Å². The molecule has 0 saturated carbocycles. The molecule has 1 saturated heterocycles. The maximum atomic E-state index is 11.8. The van der Waals surface area contributed by atoms with Crippen LogP contribution in [0.4, 0.5) is 5.13 Å². The van der Waals surface area contributed by atoms with Crippen molar-refractivity contribution >= 4 is 22.4 Å². The van der Waals surface area contributed by atoms with Gasteiger partial charge in [-0.25, -0.2) is 9.78 Å². The number of carbonyl (C=O) groups is 1. The Hall–Kier alpha value is -1.14. The number of hydrogen-bond donors (Lipinski definition) is 0. The van der Waals surface area contributed by atoms with Gasteiger partial charge in [0.25, 0.3) is 0 Å². The number of nitrogens with zero attached hydrogens (tertiary/aromatic N) is 2. The standard InChI is InChI=1S/C13H20N2O3S/c1-5-17-12(16)11-10(4)19-13(14-11)15-6-8(2)18-9(3)7-15/h8-9H,5-7H2,1-4H3. The molecule has 2 atom stereocenters. The molecule has 2 rings (SSSR count). The molecule has 0 aromatic carbocycles. The highest BCUT2D eigenvalue weighted by Crippen LogP contribution is 2.28. The fraction of sp³-hybridized carbons (Fsp3) is 0.692. The summed E-state index contributed by atoms with van der Waals surface area (Å²) in [5.74, 6) is -0.336. The van der Waals surface area contributed by atoms with Gasteiger partial charge >= 0.3 is 5.97 Å². The minimum absolute atomic E-state index is 0.180. The monoisotopic (exact) mass is 284 g/mol. The van der Waals surface area contributed by atoms with Crippen molar-refractivity contribution in [3.8, 4) is 0 Å². The second-order valence-electron chi connectivity index (χ2n) is 4.78. The van der Waals surface area contributed by atoms with E-state index in [9.17, 15) is 4.79 Å². The highest BCUT2D eigenvalue weighted by atomic mass is 32.1. The van der Waals surface area contributed by atoms with Crippen molar-refractivity contribution in [3.05, 3.63) is 10.6 Å². The fourth-order valence-electron chi connectivity index (χ4n) is 2.24.